The van der Waals surface area contributed by atoms with Gasteiger partial charge in [-0.25, -0.2) is 14.8 Å². The minimum Gasteiger partial charge on any atom is -0.372 e. The van der Waals surface area contributed by atoms with Gasteiger partial charge in [-0.15, -0.1) is 0 Å². The summed E-state index contributed by atoms with van der Waals surface area (Å²) < 4.78 is 7.87. The number of urea groups is 1. The Bertz CT molecular complexity index is 1060. The molecule has 3 aliphatic rings. The first-order chi connectivity index (χ1) is 14.3. The number of hydrogen-bond acceptors (Lipinski definition) is 7. The molecular formula is C20H22N6O4. The molecule has 0 radical (unpaired) electrons. The summed E-state index contributed by atoms with van der Waals surface area (Å²) in [6.45, 7) is 4.28. The van der Waals surface area contributed by atoms with Crippen molar-refractivity contribution < 1.29 is 19.1 Å². The van der Waals surface area contributed by atoms with Crippen LogP contribution in [-0.4, -0.2) is 57.2 Å². The number of barbiturate groups is 1. The molecule has 5 rings (SSSR count). The summed E-state index contributed by atoms with van der Waals surface area (Å²) in [5, 5.41) is 4.58. The van der Waals surface area contributed by atoms with Gasteiger partial charge in [0.05, 0.1) is 36.5 Å². The minimum atomic E-state index is -1.49. The van der Waals surface area contributed by atoms with E-state index in [0.29, 0.717) is 6.54 Å². The number of amides is 4. The molecule has 0 aromatic carbocycles. The summed E-state index contributed by atoms with van der Waals surface area (Å²) >= 11 is 0. The molecule has 4 amide bonds. The summed E-state index contributed by atoms with van der Waals surface area (Å²) in [5.41, 5.74) is 0.987. The number of rotatable bonds is 1. The molecule has 0 saturated carbocycles. The van der Waals surface area contributed by atoms with Gasteiger partial charge in [-0.2, -0.15) is 0 Å². The number of carbonyl (C=O) groups is 3. The van der Waals surface area contributed by atoms with Crippen LogP contribution in [0.4, 0.5) is 10.6 Å². The van der Waals surface area contributed by atoms with Crippen molar-refractivity contribution in [2.24, 2.45) is 12.5 Å². The maximum absolute atomic E-state index is 13.1. The molecule has 2 aromatic heterocycles. The Morgan fingerprint density at radius 1 is 1.17 bits per heavy atom. The standard InChI is InChI=1S/C20H22N6O4/c1-10-8-26-15(11(2)30-10)20(17(27)23-19(29)24-18(20)28)5-12-4-13(6-22-16(12)26)14-7-21-9-25(14)3/h4,6-7,9-11,15H,5,8H2,1-3H3,(H2,23,24,27,28,29)/t10-,11+,15-/m1/s1. The lowest BCUT2D eigenvalue weighted by molar-refractivity contribution is -0.153. The summed E-state index contributed by atoms with van der Waals surface area (Å²) in [6.07, 6.45) is 4.82. The molecule has 0 bridgehead atoms. The zero-order valence-electron chi connectivity index (χ0n) is 16.9. The fourth-order valence-electron chi connectivity index (χ4n) is 5.08. The van der Waals surface area contributed by atoms with Crippen LogP contribution < -0.4 is 15.5 Å². The second-order valence-electron chi connectivity index (χ2n) is 8.23. The number of imide groups is 2. The Balaban J connectivity index is 1.69. The molecule has 2 fully saturated rings. The van der Waals surface area contributed by atoms with Crippen molar-refractivity contribution in [2.75, 3.05) is 11.4 Å². The van der Waals surface area contributed by atoms with Gasteiger partial charge in [0.2, 0.25) is 11.8 Å². The number of nitrogens with one attached hydrogen (secondary N) is 2. The number of imidazole rings is 1. The van der Waals surface area contributed by atoms with Gasteiger partial charge < -0.3 is 14.2 Å². The summed E-state index contributed by atoms with van der Waals surface area (Å²) in [4.78, 5) is 48.9. The number of morpholine rings is 1. The van der Waals surface area contributed by atoms with Gasteiger partial charge in [-0.3, -0.25) is 20.2 Å². The van der Waals surface area contributed by atoms with Gasteiger partial charge in [-0.1, -0.05) is 0 Å². The zero-order chi connectivity index (χ0) is 21.2. The third-order valence-electron chi connectivity index (χ3n) is 6.25. The lowest BCUT2D eigenvalue weighted by Crippen LogP contribution is -2.75. The lowest BCUT2D eigenvalue weighted by atomic mass is 9.67. The number of pyridine rings is 1. The third kappa shape index (κ3) is 2.49. The monoisotopic (exact) mass is 410 g/mol. The second kappa shape index (κ2) is 6.36. The summed E-state index contributed by atoms with van der Waals surface area (Å²) in [6, 6.07) is 0.566. The predicted molar refractivity (Wildman–Crippen MR) is 105 cm³/mol. The first kappa shape index (κ1) is 18.7. The SMILES string of the molecule is C[C@@H]1CN2c3ncc(-c4cncn4C)cc3CC3(C(=O)NC(=O)NC3=O)[C@H]2[C@H](C)O1. The molecule has 2 saturated heterocycles. The molecule has 1 spiro atoms. The third-order valence-corrected chi connectivity index (χ3v) is 6.25. The van der Waals surface area contributed by atoms with Crippen molar-refractivity contribution >= 4 is 23.7 Å². The van der Waals surface area contributed by atoms with Gasteiger partial charge in [-0.05, 0) is 25.5 Å². The molecular weight excluding hydrogens is 388 g/mol. The maximum Gasteiger partial charge on any atom is 0.328 e. The van der Waals surface area contributed by atoms with Gasteiger partial charge in [0, 0.05) is 31.8 Å². The number of aromatic nitrogens is 3. The smallest absolute Gasteiger partial charge is 0.328 e. The van der Waals surface area contributed by atoms with E-state index in [1.165, 1.54) is 0 Å². The van der Waals surface area contributed by atoms with Crippen LogP contribution in [0.1, 0.15) is 19.4 Å². The van der Waals surface area contributed by atoms with E-state index < -0.39 is 35.4 Å². The summed E-state index contributed by atoms with van der Waals surface area (Å²) in [7, 11) is 1.89. The van der Waals surface area contributed by atoms with Crippen LogP contribution in [-0.2, 0) is 27.8 Å². The Labute approximate surface area is 172 Å². The van der Waals surface area contributed by atoms with Crippen molar-refractivity contribution in [3.8, 4) is 11.3 Å². The fourth-order valence-corrected chi connectivity index (χ4v) is 5.08. The zero-order valence-corrected chi connectivity index (χ0v) is 16.9. The van der Waals surface area contributed by atoms with Crippen molar-refractivity contribution in [1.82, 2.24) is 25.2 Å². The van der Waals surface area contributed by atoms with Crippen molar-refractivity contribution in [1.29, 1.82) is 0 Å². The molecule has 3 atom stereocenters. The van der Waals surface area contributed by atoms with E-state index in [9.17, 15) is 14.4 Å². The molecule has 156 valence electrons. The average molecular weight is 410 g/mol. The number of aryl methyl sites for hydroxylation is 1. The number of nitrogens with zero attached hydrogens (tertiary/aromatic N) is 4. The highest BCUT2D eigenvalue weighted by Crippen LogP contribution is 2.46. The molecule has 2 N–H and O–H groups in total. The van der Waals surface area contributed by atoms with Crippen LogP contribution >= 0.6 is 0 Å². The van der Waals surface area contributed by atoms with E-state index in [4.69, 9.17) is 9.72 Å². The van der Waals surface area contributed by atoms with E-state index in [1.54, 1.807) is 18.7 Å². The first-order valence-corrected chi connectivity index (χ1v) is 9.86. The van der Waals surface area contributed by atoms with Gasteiger partial charge in [0.1, 0.15) is 5.82 Å². The van der Waals surface area contributed by atoms with Crippen molar-refractivity contribution in [3.63, 3.8) is 0 Å². The molecule has 0 unspecified atom stereocenters. The Hall–Kier alpha value is -3.27. The first-order valence-electron chi connectivity index (χ1n) is 9.86. The van der Waals surface area contributed by atoms with Crippen LogP contribution in [0.2, 0.25) is 0 Å². The quantitative estimate of drug-likeness (QED) is 0.652. The molecule has 5 heterocycles. The number of ether oxygens (including phenoxy) is 1. The van der Waals surface area contributed by atoms with Gasteiger partial charge in [0.25, 0.3) is 0 Å². The number of fused-ring (bicyclic) bond motifs is 4. The molecule has 0 aliphatic carbocycles. The maximum atomic E-state index is 13.1. The average Bonchev–Trinajstić information content (AvgIpc) is 3.11. The van der Waals surface area contributed by atoms with Crippen LogP contribution in [0.5, 0.6) is 0 Å². The minimum absolute atomic E-state index is 0.103. The van der Waals surface area contributed by atoms with Crippen molar-refractivity contribution in [3.05, 3.63) is 30.4 Å². The number of carbonyl (C=O) groups excluding carboxylic acids is 3. The number of hydrogen-bond donors (Lipinski definition) is 2. The highest BCUT2D eigenvalue weighted by molar-refractivity contribution is 6.20. The van der Waals surface area contributed by atoms with E-state index in [0.717, 1.165) is 22.6 Å². The topological polar surface area (TPSA) is 118 Å². The van der Waals surface area contributed by atoms with Gasteiger partial charge in [0.15, 0.2) is 5.41 Å². The predicted octanol–water partition coefficient (Wildman–Crippen LogP) is 0.373. The lowest BCUT2D eigenvalue weighted by Gasteiger charge is -2.54. The largest absolute Gasteiger partial charge is 0.372 e. The molecule has 3 aliphatic heterocycles. The molecule has 30 heavy (non-hydrogen) atoms. The van der Waals surface area contributed by atoms with Crippen LogP contribution in [0.3, 0.4) is 0 Å². The van der Waals surface area contributed by atoms with E-state index in [1.807, 2.05) is 36.4 Å². The normalized spacial score (nSPS) is 27.4. The highest BCUT2D eigenvalue weighted by Gasteiger charge is 2.63. The highest BCUT2D eigenvalue weighted by atomic mass is 16.5. The van der Waals surface area contributed by atoms with Crippen LogP contribution in [0.15, 0.2) is 24.8 Å². The molecule has 10 nitrogen and oxygen atoms in total. The number of anilines is 1. The molecule has 2 aromatic rings. The van der Waals surface area contributed by atoms with Crippen LogP contribution in [0, 0.1) is 5.41 Å². The Morgan fingerprint density at radius 2 is 1.90 bits per heavy atom. The van der Waals surface area contributed by atoms with Gasteiger partial charge >= 0.3 is 6.03 Å². The molecule has 10 heteroatoms. The Kier molecular flexibility index (Phi) is 3.97. The van der Waals surface area contributed by atoms with E-state index in [2.05, 4.69) is 15.6 Å². The van der Waals surface area contributed by atoms with Crippen molar-refractivity contribution in [2.45, 2.75) is 38.5 Å². The fraction of sp³-hybridized carbons (Fsp3) is 0.450. The van der Waals surface area contributed by atoms with Crippen LogP contribution in [0.25, 0.3) is 11.3 Å². The summed E-state index contributed by atoms with van der Waals surface area (Å²) in [5.74, 6) is -0.475. The Morgan fingerprint density at radius 3 is 2.57 bits per heavy atom. The second-order valence-corrected chi connectivity index (χ2v) is 8.23. The van der Waals surface area contributed by atoms with E-state index in [-0.39, 0.29) is 12.5 Å². The van der Waals surface area contributed by atoms with E-state index >= 15 is 0 Å².